The molecule has 152 valence electrons. The molecule has 2 fully saturated rings. The van der Waals surface area contributed by atoms with Gasteiger partial charge in [-0.2, -0.15) is 22.4 Å². The lowest BCUT2D eigenvalue weighted by atomic mass is 9.80. The summed E-state index contributed by atoms with van der Waals surface area (Å²) in [4.78, 5) is 6.95. The molecule has 1 N–H and O–H groups in total. The number of nitrogens with one attached hydrogen (secondary N) is 1. The van der Waals surface area contributed by atoms with E-state index in [-0.39, 0.29) is 17.4 Å². The van der Waals surface area contributed by atoms with Gasteiger partial charge in [0.05, 0.1) is 5.41 Å². The van der Waals surface area contributed by atoms with E-state index >= 15 is 0 Å². The van der Waals surface area contributed by atoms with E-state index in [1.54, 1.807) is 0 Å². The van der Waals surface area contributed by atoms with E-state index < -0.39 is 10.2 Å². The molecule has 2 aromatic rings. The zero-order valence-corrected chi connectivity index (χ0v) is 17.3. The Kier molecular flexibility index (Phi) is 5.03. The molecule has 28 heavy (non-hydrogen) atoms. The Labute approximate surface area is 166 Å². The van der Waals surface area contributed by atoms with Gasteiger partial charge in [-0.15, -0.1) is 0 Å². The van der Waals surface area contributed by atoms with Crippen LogP contribution in [0.15, 0.2) is 34.9 Å². The van der Waals surface area contributed by atoms with E-state index in [1.165, 1.54) is 24.0 Å². The van der Waals surface area contributed by atoms with Gasteiger partial charge in [-0.3, -0.25) is 4.90 Å². The predicted molar refractivity (Wildman–Crippen MR) is 105 cm³/mol. The number of hydrogen-bond donors (Lipinski definition) is 1. The molecule has 0 amide bonds. The Hall–Kier alpha value is -1.81. The standard InChI is InChI=1S/C19H27N5O3S/c1-14-20-18(27-21-14)19-10-17(22-28(25,26)23(2)3)9-16(19)12-24(13-19)11-15-7-5-4-6-8-15/h4-8,16-17,22H,9-13H2,1-3H3/t16-,17+,19-/m0/s1. The molecule has 2 aliphatic rings. The van der Waals surface area contributed by atoms with Crippen LogP contribution in [0.4, 0.5) is 0 Å². The summed E-state index contributed by atoms with van der Waals surface area (Å²) in [7, 11) is -0.398. The highest BCUT2D eigenvalue weighted by atomic mass is 32.2. The van der Waals surface area contributed by atoms with Crippen molar-refractivity contribution in [2.24, 2.45) is 5.92 Å². The van der Waals surface area contributed by atoms with Gasteiger partial charge in [0.15, 0.2) is 5.82 Å². The first-order valence-electron chi connectivity index (χ1n) is 9.55. The van der Waals surface area contributed by atoms with E-state index in [4.69, 9.17) is 4.52 Å². The SMILES string of the molecule is Cc1noc([C@]23C[C@H](NS(=O)(=O)N(C)C)C[C@H]2CN(Cc2ccccc2)C3)n1. The van der Waals surface area contributed by atoms with Crippen molar-refractivity contribution in [3.8, 4) is 0 Å². The summed E-state index contributed by atoms with van der Waals surface area (Å²) < 4.78 is 34.3. The van der Waals surface area contributed by atoms with E-state index in [2.05, 4.69) is 44.0 Å². The lowest BCUT2D eigenvalue weighted by molar-refractivity contribution is 0.241. The summed E-state index contributed by atoms with van der Waals surface area (Å²) in [5.41, 5.74) is 0.958. The second kappa shape index (κ2) is 7.22. The minimum Gasteiger partial charge on any atom is -0.339 e. The Morgan fingerprint density at radius 3 is 2.71 bits per heavy atom. The number of likely N-dealkylation sites (tertiary alicyclic amines) is 1. The molecule has 1 aromatic carbocycles. The van der Waals surface area contributed by atoms with Gasteiger partial charge in [-0.1, -0.05) is 35.5 Å². The molecule has 1 saturated carbocycles. The molecule has 3 atom stereocenters. The van der Waals surface area contributed by atoms with E-state index in [0.29, 0.717) is 18.1 Å². The van der Waals surface area contributed by atoms with Crippen LogP contribution in [0.1, 0.15) is 30.1 Å². The molecule has 1 saturated heterocycles. The molecular formula is C19H27N5O3S. The van der Waals surface area contributed by atoms with Crippen molar-refractivity contribution >= 4 is 10.2 Å². The minimum absolute atomic E-state index is 0.136. The normalized spacial score (nSPS) is 28.1. The average Bonchev–Trinajstić information content (AvgIpc) is 3.28. The summed E-state index contributed by atoms with van der Waals surface area (Å²) in [6, 6.07) is 10.2. The van der Waals surface area contributed by atoms with Crippen molar-refractivity contribution in [1.29, 1.82) is 0 Å². The van der Waals surface area contributed by atoms with Crippen LogP contribution in [-0.2, 0) is 22.2 Å². The number of benzene rings is 1. The van der Waals surface area contributed by atoms with Gasteiger partial charge < -0.3 is 4.52 Å². The van der Waals surface area contributed by atoms with Gasteiger partial charge in [0, 0.05) is 39.8 Å². The molecule has 8 nitrogen and oxygen atoms in total. The third kappa shape index (κ3) is 3.59. The quantitative estimate of drug-likeness (QED) is 0.779. The van der Waals surface area contributed by atoms with E-state index in [0.717, 1.165) is 26.1 Å². The number of nitrogens with zero attached hydrogens (tertiary/aromatic N) is 4. The third-order valence-electron chi connectivity index (χ3n) is 5.94. The van der Waals surface area contributed by atoms with Crippen molar-refractivity contribution < 1.29 is 12.9 Å². The van der Waals surface area contributed by atoms with E-state index in [9.17, 15) is 8.42 Å². The maximum absolute atomic E-state index is 12.3. The zero-order valence-electron chi connectivity index (χ0n) is 16.5. The minimum atomic E-state index is -3.48. The summed E-state index contributed by atoms with van der Waals surface area (Å²) in [5, 5.41) is 4.00. The van der Waals surface area contributed by atoms with Gasteiger partial charge >= 0.3 is 0 Å². The first-order chi connectivity index (χ1) is 13.3. The Bertz CT molecular complexity index is 930. The molecule has 2 heterocycles. The van der Waals surface area contributed by atoms with Crippen LogP contribution in [0, 0.1) is 12.8 Å². The van der Waals surface area contributed by atoms with Crippen LogP contribution in [0.5, 0.6) is 0 Å². The van der Waals surface area contributed by atoms with Crippen LogP contribution in [0.2, 0.25) is 0 Å². The number of aromatic nitrogens is 2. The Balaban J connectivity index is 1.57. The van der Waals surface area contributed by atoms with Crippen molar-refractivity contribution in [3.63, 3.8) is 0 Å². The monoisotopic (exact) mass is 405 g/mol. The van der Waals surface area contributed by atoms with Crippen molar-refractivity contribution in [2.45, 2.75) is 37.8 Å². The van der Waals surface area contributed by atoms with Crippen molar-refractivity contribution in [3.05, 3.63) is 47.6 Å². The van der Waals surface area contributed by atoms with Gasteiger partial charge in [-0.05, 0) is 31.2 Å². The summed E-state index contributed by atoms with van der Waals surface area (Å²) in [6.07, 6.45) is 1.43. The Morgan fingerprint density at radius 2 is 2.07 bits per heavy atom. The fourth-order valence-electron chi connectivity index (χ4n) is 4.67. The number of aryl methyl sites for hydroxylation is 1. The number of hydrogen-bond acceptors (Lipinski definition) is 6. The second-order valence-corrected chi connectivity index (χ2v) is 10.1. The highest BCUT2D eigenvalue weighted by molar-refractivity contribution is 7.87. The Morgan fingerprint density at radius 1 is 1.32 bits per heavy atom. The summed E-state index contributed by atoms with van der Waals surface area (Å²) in [5.74, 6) is 1.52. The number of rotatable bonds is 6. The van der Waals surface area contributed by atoms with Gasteiger partial charge in [0.2, 0.25) is 5.89 Å². The first-order valence-corrected chi connectivity index (χ1v) is 11.0. The van der Waals surface area contributed by atoms with Gasteiger partial charge in [-0.25, -0.2) is 0 Å². The molecule has 0 unspecified atom stereocenters. The largest absolute Gasteiger partial charge is 0.339 e. The molecule has 1 aliphatic heterocycles. The lowest BCUT2D eigenvalue weighted by Gasteiger charge is -2.26. The van der Waals surface area contributed by atoms with Gasteiger partial charge in [0.25, 0.3) is 10.2 Å². The fraction of sp³-hybridized carbons (Fsp3) is 0.579. The molecule has 9 heteroatoms. The van der Waals surface area contributed by atoms with Crippen LogP contribution in [0.25, 0.3) is 0 Å². The average molecular weight is 406 g/mol. The third-order valence-corrected chi connectivity index (χ3v) is 7.54. The molecule has 0 bridgehead atoms. The summed E-state index contributed by atoms with van der Waals surface area (Å²) in [6.45, 7) is 4.35. The van der Waals surface area contributed by atoms with Crippen molar-refractivity contribution in [1.82, 2.24) is 24.1 Å². The number of fused-ring (bicyclic) bond motifs is 1. The summed E-state index contributed by atoms with van der Waals surface area (Å²) >= 11 is 0. The topological polar surface area (TPSA) is 91.6 Å². The fourth-order valence-corrected chi connectivity index (χ4v) is 5.49. The van der Waals surface area contributed by atoms with Crippen molar-refractivity contribution in [2.75, 3.05) is 27.2 Å². The predicted octanol–water partition coefficient (Wildman–Crippen LogP) is 1.31. The second-order valence-electron chi connectivity index (χ2n) is 8.20. The maximum atomic E-state index is 12.3. The molecule has 0 radical (unpaired) electrons. The van der Waals surface area contributed by atoms with Gasteiger partial charge in [0.1, 0.15) is 0 Å². The zero-order chi connectivity index (χ0) is 19.9. The molecule has 0 spiro atoms. The molecular weight excluding hydrogens is 378 g/mol. The molecule has 4 rings (SSSR count). The van der Waals surface area contributed by atoms with Crippen LogP contribution < -0.4 is 4.72 Å². The highest BCUT2D eigenvalue weighted by Crippen LogP contribution is 2.50. The molecule has 1 aliphatic carbocycles. The van der Waals surface area contributed by atoms with Crippen LogP contribution in [-0.4, -0.2) is 61.0 Å². The lowest BCUT2D eigenvalue weighted by Crippen LogP contribution is -2.42. The van der Waals surface area contributed by atoms with Crippen LogP contribution in [0.3, 0.4) is 0 Å². The smallest absolute Gasteiger partial charge is 0.279 e. The molecule has 1 aromatic heterocycles. The van der Waals surface area contributed by atoms with E-state index in [1.807, 2.05) is 13.0 Å². The first kappa shape index (κ1) is 19.5. The maximum Gasteiger partial charge on any atom is 0.279 e. The highest BCUT2D eigenvalue weighted by Gasteiger charge is 2.57. The van der Waals surface area contributed by atoms with Crippen LogP contribution >= 0.6 is 0 Å².